The lowest BCUT2D eigenvalue weighted by Gasteiger charge is -2.12. The first kappa shape index (κ1) is 13.5. The van der Waals surface area contributed by atoms with Gasteiger partial charge < -0.3 is 4.74 Å². The van der Waals surface area contributed by atoms with Crippen molar-refractivity contribution >= 4 is 17.4 Å². The zero-order valence-electron chi connectivity index (χ0n) is 10.0. The molecule has 0 saturated heterocycles. The summed E-state index contributed by atoms with van der Waals surface area (Å²) in [6.45, 7) is 3.55. The third kappa shape index (κ3) is 2.98. The van der Waals surface area contributed by atoms with Crippen LogP contribution in [0.15, 0.2) is 18.2 Å². The third-order valence-electron chi connectivity index (χ3n) is 2.49. The van der Waals surface area contributed by atoms with E-state index in [2.05, 4.69) is 0 Å². The Balaban J connectivity index is 3.11. The highest BCUT2D eigenvalue weighted by Gasteiger charge is 2.23. The molecule has 0 spiro atoms. The van der Waals surface area contributed by atoms with Gasteiger partial charge in [-0.25, -0.2) is 0 Å². The molecule has 0 heterocycles. The van der Waals surface area contributed by atoms with Crippen LogP contribution in [0.2, 0.25) is 5.02 Å². The number of benzene rings is 1. The van der Waals surface area contributed by atoms with Crippen LogP contribution in [0.5, 0.6) is 5.75 Å². The van der Waals surface area contributed by atoms with Crippen molar-refractivity contribution in [3.8, 4) is 11.8 Å². The van der Waals surface area contributed by atoms with Gasteiger partial charge in [0.2, 0.25) is 0 Å². The van der Waals surface area contributed by atoms with Gasteiger partial charge in [-0.1, -0.05) is 31.5 Å². The lowest BCUT2D eigenvalue weighted by Crippen LogP contribution is -2.16. The SMILES string of the molecule is COc1ccc(C(C#N)C(=O)C(C)C)cc1Cl. The van der Waals surface area contributed by atoms with Crippen molar-refractivity contribution in [2.45, 2.75) is 19.8 Å². The van der Waals surface area contributed by atoms with Gasteiger partial charge in [-0.3, -0.25) is 4.79 Å². The monoisotopic (exact) mass is 251 g/mol. The maximum atomic E-state index is 11.8. The molecule has 1 atom stereocenters. The number of Topliss-reactive ketones (excluding diaryl/α,β-unsaturated/α-hetero) is 1. The molecule has 1 aromatic rings. The molecular weight excluding hydrogens is 238 g/mol. The predicted octanol–water partition coefficient (Wildman–Crippen LogP) is 3.18. The number of carbonyl (C=O) groups excluding carboxylic acids is 1. The number of hydrogen-bond acceptors (Lipinski definition) is 3. The van der Waals surface area contributed by atoms with E-state index in [1.54, 1.807) is 32.0 Å². The van der Waals surface area contributed by atoms with Gasteiger partial charge in [0.05, 0.1) is 18.2 Å². The third-order valence-corrected chi connectivity index (χ3v) is 2.79. The van der Waals surface area contributed by atoms with E-state index in [0.29, 0.717) is 16.3 Å². The molecule has 0 amide bonds. The van der Waals surface area contributed by atoms with Crippen molar-refractivity contribution < 1.29 is 9.53 Å². The summed E-state index contributed by atoms with van der Waals surface area (Å²) in [6, 6.07) is 6.98. The van der Waals surface area contributed by atoms with Crippen molar-refractivity contribution in [3.05, 3.63) is 28.8 Å². The second-order valence-electron chi connectivity index (χ2n) is 4.01. The molecule has 17 heavy (non-hydrogen) atoms. The zero-order valence-corrected chi connectivity index (χ0v) is 10.8. The zero-order chi connectivity index (χ0) is 13.0. The van der Waals surface area contributed by atoms with Crippen LogP contribution >= 0.6 is 11.6 Å². The molecule has 0 fully saturated rings. The summed E-state index contributed by atoms with van der Waals surface area (Å²) in [5.74, 6) is -0.517. The van der Waals surface area contributed by atoms with E-state index in [1.165, 1.54) is 7.11 Å². The van der Waals surface area contributed by atoms with Crippen LogP contribution in [0.3, 0.4) is 0 Å². The smallest absolute Gasteiger partial charge is 0.156 e. The average molecular weight is 252 g/mol. The second-order valence-corrected chi connectivity index (χ2v) is 4.42. The van der Waals surface area contributed by atoms with Gasteiger partial charge in [0.1, 0.15) is 11.7 Å². The summed E-state index contributed by atoms with van der Waals surface area (Å²) < 4.78 is 5.02. The number of ether oxygens (including phenoxy) is 1. The van der Waals surface area contributed by atoms with Crippen molar-refractivity contribution in [3.63, 3.8) is 0 Å². The number of hydrogen-bond donors (Lipinski definition) is 0. The van der Waals surface area contributed by atoms with E-state index < -0.39 is 5.92 Å². The Morgan fingerprint density at radius 1 is 1.47 bits per heavy atom. The maximum Gasteiger partial charge on any atom is 0.156 e. The normalized spacial score (nSPS) is 12.0. The molecule has 3 nitrogen and oxygen atoms in total. The van der Waals surface area contributed by atoms with Crippen molar-refractivity contribution in [2.24, 2.45) is 5.92 Å². The Bertz CT molecular complexity index is 463. The minimum Gasteiger partial charge on any atom is -0.495 e. The van der Waals surface area contributed by atoms with E-state index >= 15 is 0 Å². The van der Waals surface area contributed by atoms with Crippen LogP contribution in [0.4, 0.5) is 0 Å². The fourth-order valence-corrected chi connectivity index (χ4v) is 1.76. The van der Waals surface area contributed by atoms with Crippen LogP contribution in [0, 0.1) is 17.2 Å². The Labute approximate surface area is 106 Å². The topological polar surface area (TPSA) is 50.1 Å². The fraction of sp³-hybridized carbons (Fsp3) is 0.385. The van der Waals surface area contributed by atoms with E-state index in [9.17, 15) is 4.79 Å². The largest absolute Gasteiger partial charge is 0.495 e. The first-order valence-electron chi connectivity index (χ1n) is 5.28. The molecule has 0 bridgehead atoms. The molecule has 1 aromatic carbocycles. The summed E-state index contributed by atoms with van der Waals surface area (Å²) in [7, 11) is 1.52. The van der Waals surface area contributed by atoms with Gasteiger partial charge in [0.25, 0.3) is 0 Å². The highest BCUT2D eigenvalue weighted by Crippen LogP contribution is 2.29. The van der Waals surface area contributed by atoms with Gasteiger partial charge >= 0.3 is 0 Å². The molecule has 0 radical (unpaired) electrons. The summed E-state index contributed by atoms with van der Waals surface area (Å²) in [5, 5.41) is 9.48. The Morgan fingerprint density at radius 2 is 2.12 bits per heavy atom. The Hall–Kier alpha value is -1.53. The number of nitrogens with zero attached hydrogens (tertiary/aromatic N) is 1. The molecule has 0 aliphatic carbocycles. The highest BCUT2D eigenvalue weighted by molar-refractivity contribution is 6.32. The first-order chi connectivity index (χ1) is 8.01. The van der Waals surface area contributed by atoms with Crippen molar-refractivity contribution in [1.82, 2.24) is 0 Å². The van der Waals surface area contributed by atoms with E-state index in [1.807, 2.05) is 6.07 Å². The van der Waals surface area contributed by atoms with Crippen LogP contribution < -0.4 is 4.74 Å². The van der Waals surface area contributed by atoms with Crippen molar-refractivity contribution in [1.29, 1.82) is 5.26 Å². The lowest BCUT2D eigenvalue weighted by atomic mass is 9.90. The quantitative estimate of drug-likeness (QED) is 0.826. The van der Waals surface area contributed by atoms with Gasteiger partial charge in [0.15, 0.2) is 5.78 Å². The number of carbonyl (C=O) groups is 1. The van der Waals surface area contributed by atoms with E-state index in [0.717, 1.165) is 0 Å². The molecule has 0 saturated carbocycles. The van der Waals surface area contributed by atoms with Crippen molar-refractivity contribution in [2.75, 3.05) is 7.11 Å². The molecule has 1 rings (SSSR count). The number of nitriles is 1. The molecular formula is C13H14ClNO2. The Morgan fingerprint density at radius 3 is 2.53 bits per heavy atom. The molecule has 0 aromatic heterocycles. The van der Waals surface area contributed by atoms with Gasteiger partial charge in [-0.05, 0) is 17.7 Å². The molecule has 0 aliphatic heterocycles. The van der Waals surface area contributed by atoms with E-state index in [4.69, 9.17) is 21.6 Å². The van der Waals surface area contributed by atoms with E-state index in [-0.39, 0.29) is 11.7 Å². The van der Waals surface area contributed by atoms with Gasteiger partial charge in [-0.15, -0.1) is 0 Å². The number of halogens is 1. The highest BCUT2D eigenvalue weighted by atomic mass is 35.5. The molecule has 0 aliphatic rings. The molecule has 0 N–H and O–H groups in total. The van der Waals surface area contributed by atoms with Crippen LogP contribution in [0.1, 0.15) is 25.3 Å². The summed E-state index contributed by atoms with van der Waals surface area (Å²) in [6.07, 6.45) is 0. The lowest BCUT2D eigenvalue weighted by molar-refractivity contribution is -0.122. The number of ketones is 1. The van der Waals surface area contributed by atoms with Gasteiger partial charge in [0, 0.05) is 5.92 Å². The predicted molar refractivity (Wildman–Crippen MR) is 66.2 cm³/mol. The van der Waals surface area contributed by atoms with Crippen LogP contribution in [-0.4, -0.2) is 12.9 Å². The summed E-state index contributed by atoms with van der Waals surface area (Å²) >= 11 is 5.97. The summed E-state index contributed by atoms with van der Waals surface area (Å²) in [5.41, 5.74) is 0.608. The first-order valence-corrected chi connectivity index (χ1v) is 5.65. The van der Waals surface area contributed by atoms with Crippen LogP contribution in [-0.2, 0) is 4.79 Å². The molecule has 4 heteroatoms. The number of rotatable bonds is 4. The standard InChI is InChI=1S/C13H14ClNO2/c1-8(2)13(16)10(7-15)9-4-5-12(17-3)11(14)6-9/h4-6,8,10H,1-3H3. The minimum atomic E-state index is -0.765. The second kappa shape index (κ2) is 5.70. The maximum absolute atomic E-state index is 11.8. The molecule has 1 unspecified atom stereocenters. The number of methoxy groups -OCH3 is 1. The average Bonchev–Trinajstić information content (AvgIpc) is 2.30. The van der Waals surface area contributed by atoms with Gasteiger partial charge in [-0.2, -0.15) is 5.26 Å². The minimum absolute atomic E-state index is 0.103. The fourth-order valence-electron chi connectivity index (χ4n) is 1.50. The Kier molecular flexibility index (Phi) is 4.53. The summed E-state index contributed by atoms with van der Waals surface area (Å²) in [4.78, 5) is 11.8. The van der Waals surface area contributed by atoms with Crippen LogP contribution in [0.25, 0.3) is 0 Å². The molecule has 90 valence electrons.